The van der Waals surface area contributed by atoms with E-state index in [1.54, 1.807) is 0 Å². The number of ether oxygens (including phenoxy) is 1. The van der Waals surface area contributed by atoms with Crippen LogP contribution in [0.25, 0.3) is 0 Å². The van der Waals surface area contributed by atoms with Gasteiger partial charge in [-0.15, -0.1) is 0 Å². The van der Waals surface area contributed by atoms with Gasteiger partial charge in [-0.3, -0.25) is 9.88 Å². The number of nitrogens with zero attached hydrogens (tertiary/aromatic N) is 2. The molecule has 0 amide bonds. The zero-order chi connectivity index (χ0) is 9.97. The van der Waals surface area contributed by atoms with Gasteiger partial charge in [0.1, 0.15) is 6.10 Å². The highest BCUT2D eigenvalue weighted by atomic mass is 16.5. The zero-order valence-electron chi connectivity index (χ0n) is 8.12. The summed E-state index contributed by atoms with van der Waals surface area (Å²) in [6.45, 7) is 5.52. The largest absolute Gasteiger partial charge is 0.368 e. The minimum absolute atomic E-state index is 0.109. The Labute approximate surface area is 81.3 Å². The van der Waals surface area contributed by atoms with E-state index in [0.29, 0.717) is 12.4 Å². The minimum Gasteiger partial charge on any atom is -0.368 e. The molecule has 2 N–H and O–H groups in total. The molecule has 1 aliphatic heterocycles. The van der Waals surface area contributed by atoms with Crippen molar-refractivity contribution in [3.8, 4) is 0 Å². The summed E-state index contributed by atoms with van der Waals surface area (Å²) in [5.74, 6) is 0.591. The molecule has 0 aliphatic carbocycles. The molecule has 0 bridgehead atoms. The van der Waals surface area contributed by atoms with Gasteiger partial charge in [0.15, 0.2) is 5.82 Å². The second-order valence-electron chi connectivity index (χ2n) is 3.32. The lowest BCUT2D eigenvalue weighted by Crippen LogP contribution is -2.38. The fourth-order valence-electron chi connectivity index (χ4n) is 1.59. The predicted octanol–water partition coefficient (Wildman–Crippen LogP) is -0.509. The highest BCUT2D eigenvalue weighted by molar-refractivity contribution is 4.91. The molecule has 1 saturated heterocycles. The molecule has 1 atom stereocenters. The first-order valence-electron chi connectivity index (χ1n) is 4.78. The molecule has 6 nitrogen and oxygen atoms in total. The lowest BCUT2D eigenvalue weighted by atomic mass is 10.2. The lowest BCUT2D eigenvalue weighted by Gasteiger charge is -2.30. The van der Waals surface area contributed by atoms with E-state index in [2.05, 4.69) is 27.0 Å². The molecule has 78 valence electrons. The Bertz CT molecular complexity index is 345. The highest BCUT2D eigenvalue weighted by Gasteiger charge is 2.23. The van der Waals surface area contributed by atoms with Crippen LogP contribution < -0.4 is 5.69 Å². The van der Waals surface area contributed by atoms with E-state index < -0.39 is 0 Å². The van der Waals surface area contributed by atoms with Crippen molar-refractivity contribution in [2.75, 3.05) is 26.2 Å². The number of morpholine rings is 1. The average Bonchev–Trinajstić information content (AvgIpc) is 2.65. The normalized spacial score (nSPS) is 23.9. The highest BCUT2D eigenvalue weighted by Crippen LogP contribution is 2.17. The molecule has 1 aromatic rings. The van der Waals surface area contributed by atoms with E-state index in [4.69, 9.17) is 4.74 Å². The Kier molecular flexibility index (Phi) is 2.64. The van der Waals surface area contributed by atoms with Crippen molar-refractivity contribution in [2.45, 2.75) is 13.0 Å². The summed E-state index contributed by atoms with van der Waals surface area (Å²) < 4.78 is 5.52. The summed E-state index contributed by atoms with van der Waals surface area (Å²) in [6.07, 6.45) is -0.109. The molecule has 0 saturated carbocycles. The maximum absolute atomic E-state index is 10.8. The summed E-state index contributed by atoms with van der Waals surface area (Å²) in [7, 11) is 0. The van der Waals surface area contributed by atoms with Crippen LogP contribution in [0.3, 0.4) is 0 Å². The smallest absolute Gasteiger partial charge is 0.340 e. The van der Waals surface area contributed by atoms with Crippen LogP contribution in [0.4, 0.5) is 0 Å². The molecule has 14 heavy (non-hydrogen) atoms. The van der Waals surface area contributed by atoms with Crippen LogP contribution in [-0.4, -0.2) is 46.3 Å². The van der Waals surface area contributed by atoms with Gasteiger partial charge >= 0.3 is 5.69 Å². The van der Waals surface area contributed by atoms with E-state index >= 15 is 0 Å². The SMILES string of the molecule is CCN1CCOC(c2n[nH]c(=O)[nH]2)C1. The van der Waals surface area contributed by atoms with Gasteiger partial charge in [-0.1, -0.05) is 6.92 Å². The second-order valence-corrected chi connectivity index (χ2v) is 3.32. The van der Waals surface area contributed by atoms with Gasteiger partial charge in [0.05, 0.1) is 6.61 Å². The molecule has 0 aromatic carbocycles. The number of nitrogens with one attached hydrogen (secondary N) is 2. The minimum atomic E-state index is -0.280. The predicted molar refractivity (Wildman–Crippen MR) is 50.0 cm³/mol. The Hall–Kier alpha value is -1.14. The van der Waals surface area contributed by atoms with E-state index in [-0.39, 0.29) is 11.8 Å². The molecule has 1 unspecified atom stereocenters. The summed E-state index contributed by atoms with van der Waals surface area (Å²) in [5, 5.41) is 6.20. The number of hydrogen-bond acceptors (Lipinski definition) is 4. The monoisotopic (exact) mass is 198 g/mol. The summed E-state index contributed by atoms with van der Waals surface area (Å²) >= 11 is 0. The molecule has 1 aliphatic rings. The van der Waals surface area contributed by atoms with Crippen molar-refractivity contribution in [2.24, 2.45) is 0 Å². The van der Waals surface area contributed by atoms with Gasteiger partial charge in [0.2, 0.25) is 0 Å². The van der Waals surface area contributed by atoms with Gasteiger partial charge in [-0.05, 0) is 6.54 Å². The zero-order valence-corrected chi connectivity index (χ0v) is 8.12. The third kappa shape index (κ3) is 1.85. The summed E-state index contributed by atoms with van der Waals surface area (Å²) in [5.41, 5.74) is -0.280. The van der Waals surface area contributed by atoms with Crippen LogP contribution in [0.15, 0.2) is 4.79 Å². The first-order chi connectivity index (χ1) is 6.79. The van der Waals surface area contributed by atoms with E-state index in [0.717, 1.165) is 19.6 Å². The Morgan fingerprint density at radius 2 is 2.57 bits per heavy atom. The Morgan fingerprint density at radius 3 is 3.21 bits per heavy atom. The van der Waals surface area contributed by atoms with Crippen molar-refractivity contribution in [3.63, 3.8) is 0 Å². The Morgan fingerprint density at radius 1 is 1.71 bits per heavy atom. The maximum atomic E-state index is 10.8. The number of hydrogen-bond donors (Lipinski definition) is 2. The number of rotatable bonds is 2. The quantitative estimate of drug-likeness (QED) is 0.671. The third-order valence-corrected chi connectivity index (χ3v) is 2.42. The van der Waals surface area contributed by atoms with Crippen LogP contribution in [-0.2, 0) is 4.74 Å². The molecule has 2 rings (SSSR count). The first kappa shape index (κ1) is 9.42. The fourth-order valence-corrected chi connectivity index (χ4v) is 1.59. The standard InChI is InChI=1S/C8H14N4O2/c1-2-12-3-4-14-6(5-12)7-9-8(13)11-10-7/h6H,2-5H2,1H3,(H2,9,10,11,13). The van der Waals surface area contributed by atoms with Crippen molar-refractivity contribution in [1.29, 1.82) is 0 Å². The summed E-state index contributed by atoms with van der Waals surface area (Å²) in [6, 6.07) is 0. The number of likely N-dealkylation sites (N-methyl/N-ethyl adjacent to an activating group) is 1. The molecule has 1 aromatic heterocycles. The second kappa shape index (κ2) is 3.93. The van der Waals surface area contributed by atoms with E-state index in [9.17, 15) is 4.79 Å². The lowest BCUT2D eigenvalue weighted by molar-refractivity contribution is -0.0324. The van der Waals surface area contributed by atoms with Crippen LogP contribution >= 0.6 is 0 Å². The fraction of sp³-hybridized carbons (Fsp3) is 0.750. The van der Waals surface area contributed by atoms with Crippen LogP contribution in [0.5, 0.6) is 0 Å². The molecule has 0 spiro atoms. The number of H-pyrrole nitrogens is 2. The number of aromatic nitrogens is 3. The van der Waals surface area contributed by atoms with Crippen molar-refractivity contribution >= 4 is 0 Å². The van der Waals surface area contributed by atoms with Crippen molar-refractivity contribution in [1.82, 2.24) is 20.1 Å². The van der Waals surface area contributed by atoms with Crippen molar-refractivity contribution in [3.05, 3.63) is 16.3 Å². The van der Waals surface area contributed by atoms with Gasteiger partial charge in [0.25, 0.3) is 0 Å². The van der Waals surface area contributed by atoms with Gasteiger partial charge in [0, 0.05) is 13.1 Å². The summed E-state index contributed by atoms with van der Waals surface area (Å²) in [4.78, 5) is 15.7. The molecule has 2 heterocycles. The van der Waals surface area contributed by atoms with Gasteiger partial charge in [-0.25, -0.2) is 9.89 Å². The third-order valence-electron chi connectivity index (χ3n) is 2.42. The van der Waals surface area contributed by atoms with Gasteiger partial charge in [-0.2, -0.15) is 5.10 Å². The van der Waals surface area contributed by atoms with Gasteiger partial charge < -0.3 is 4.74 Å². The molecule has 1 fully saturated rings. The first-order valence-corrected chi connectivity index (χ1v) is 4.78. The van der Waals surface area contributed by atoms with Crippen LogP contribution in [0.1, 0.15) is 18.9 Å². The van der Waals surface area contributed by atoms with Crippen molar-refractivity contribution < 1.29 is 4.74 Å². The van der Waals surface area contributed by atoms with E-state index in [1.165, 1.54) is 0 Å². The maximum Gasteiger partial charge on any atom is 0.340 e. The Balaban J connectivity index is 2.07. The van der Waals surface area contributed by atoms with E-state index in [1.807, 2.05) is 0 Å². The molecular weight excluding hydrogens is 184 g/mol. The van der Waals surface area contributed by atoms with Crippen LogP contribution in [0.2, 0.25) is 0 Å². The number of aromatic amines is 2. The molecule has 0 radical (unpaired) electrons. The average molecular weight is 198 g/mol. The molecular formula is C8H14N4O2. The molecule has 6 heteroatoms. The topological polar surface area (TPSA) is 74.0 Å². The van der Waals surface area contributed by atoms with Crippen LogP contribution in [0, 0.1) is 0 Å².